The third-order valence-corrected chi connectivity index (χ3v) is 2.11. The summed E-state index contributed by atoms with van der Waals surface area (Å²) in [6.07, 6.45) is 0.503. The average molecular weight is 190 g/mol. The van der Waals surface area contributed by atoms with Crippen molar-refractivity contribution in [3.8, 4) is 0 Å². The molecular formula is C7H14O4Si. The third kappa shape index (κ3) is 6.08. The largest absolute Gasteiger partial charge is 0.462 e. The molecule has 70 valence electrons. The molecule has 0 radical (unpaired) electrons. The molecule has 0 saturated heterocycles. The van der Waals surface area contributed by atoms with E-state index in [4.69, 9.17) is 14.3 Å². The molecule has 0 fully saturated rings. The Morgan fingerprint density at radius 2 is 2.17 bits per heavy atom. The van der Waals surface area contributed by atoms with Crippen LogP contribution in [0.4, 0.5) is 0 Å². The smallest absolute Gasteiger partial charge is 0.333 e. The number of carbonyl (C=O) groups excluding carboxylic acids is 1. The molecule has 0 unspecified atom stereocenters. The van der Waals surface area contributed by atoms with Crippen molar-refractivity contribution in [2.24, 2.45) is 0 Å². The topological polar surface area (TPSA) is 66.8 Å². The van der Waals surface area contributed by atoms with E-state index < -0.39 is 15.3 Å². The maximum Gasteiger partial charge on any atom is 0.333 e. The first-order valence-corrected chi connectivity index (χ1v) is 5.57. The zero-order chi connectivity index (χ0) is 9.56. The van der Waals surface area contributed by atoms with Crippen LogP contribution in [0.1, 0.15) is 13.3 Å². The molecule has 0 aliphatic rings. The Bertz CT molecular complexity index is 167. The highest BCUT2D eigenvalue weighted by atomic mass is 28.3. The van der Waals surface area contributed by atoms with E-state index in [-0.39, 0.29) is 6.61 Å². The first kappa shape index (κ1) is 11.3. The predicted molar refractivity (Wildman–Crippen MR) is 46.8 cm³/mol. The summed E-state index contributed by atoms with van der Waals surface area (Å²) in [5.41, 5.74) is 0.358. The van der Waals surface area contributed by atoms with Gasteiger partial charge in [-0.25, -0.2) is 4.79 Å². The van der Waals surface area contributed by atoms with E-state index >= 15 is 0 Å². The third-order valence-electron chi connectivity index (χ3n) is 1.19. The second kappa shape index (κ2) is 5.93. The standard InChI is InChI=1S/C7H14O4Si/c1-6(2)7(8)11-4-3-5-12(9)10/h9-10,12H,1,3-5H2,2H3. The first-order valence-electron chi connectivity index (χ1n) is 3.73. The molecule has 0 amide bonds. The average Bonchev–Trinajstić information content (AvgIpc) is 1.97. The molecule has 0 aromatic rings. The van der Waals surface area contributed by atoms with Crippen molar-refractivity contribution in [2.75, 3.05) is 6.61 Å². The van der Waals surface area contributed by atoms with Gasteiger partial charge in [-0.3, -0.25) is 0 Å². The molecule has 0 saturated carbocycles. The number of ether oxygens (including phenoxy) is 1. The highest BCUT2D eigenvalue weighted by molar-refractivity contribution is 6.40. The number of rotatable bonds is 5. The second-order valence-electron chi connectivity index (χ2n) is 2.54. The van der Waals surface area contributed by atoms with Gasteiger partial charge in [0, 0.05) is 5.57 Å². The normalized spacial score (nSPS) is 10.0. The quantitative estimate of drug-likeness (QED) is 0.270. The minimum Gasteiger partial charge on any atom is -0.462 e. The van der Waals surface area contributed by atoms with E-state index in [0.717, 1.165) is 0 Å². The van der Waals surface area contributed by atoms with E-state index in [1.807, 2.05) is 0 Å². The molecule has 5 heteroatoms. The van der Waals surface area contributed by atoms with Crippen LogP contribution in [0.15, 0.2) is 12.2 Å². The van der Waals surface area contributed by atoms with Gasteiger partial charge in [0.1, 0.15) is 0 Å². The second-order valence-corrected chi connectivity index (χ2v) is 4.08. The van der Waals surface area contributed by atoms with Crippen molar-refractivity contribution >= 4 is 15.3 Å². The van der Waals surface area contributed by atoms with Gasteiger partial charge in [-0.2, -0.15) is 0 Å². The van der Waals surface area contributed by atoms with Crippen molar-refractivity contribution in [3.63, 3.8) is 0 Å². The van der Waals surface area contributed by atoms with Gasteiger partial charge in [0.2, 0.25) is 0 Å². The summed E-state index contributed by atoms with van der Waals surface area (Å²) < 4.78 is 4.72. The fourth-order valence-electron chi connectivity index (χ4n) is 0.554. The van der Waals surface area contributed by atoms with Crippen molar-refractivity contribution < 1.29 is 19.1 Å². The molecule has 0 rings (SSSR count). The molecule has 0 atom stereocenters. The van der Waals surface area contributed by atoms with Crippen molar-refractivity contribution in [2.45, 2.75) is 19.4 Å². The zero-order valence-electron chi connectivity index (χ0n) is 7.12. The molecule has 2 N–H and O–H groups in total. The van der Waals surface area contributed by atoms with Gasteiger partial charge in [0.15, 0.2) is 0 Å². The fraction of sp³-hybridized carbons (Fsp3) is 0.571. The van der Waals surface area contributed by atoms with Gasteiger partial charge >= 0.3 is 15.3 Å². The number of carbonyl (C=O) groups is 1. The molecule has 0 aliphatic carbocycles. The summed E-state index contributed by atoms with van der Waals surface area (Å²) in [4.78, 5) is 27.9. The highest BCUT2D eigenvalue weighted by Crippen LogP contribution is 1.96. The number of hydrogen-bond donors (Lipinski definition) is 2. The van der Waals surface area contributed by atoms with Crippen LogP contribution in [0.3, 0.4) is 0 Å². The summed E-state index contributed by atoms with van der Waals surface area (Å²) in [5, 5.41) is 0. The maximum atomic E-state index is 10.8. The van der Waals surface area contributed by atoms with Crippen LogP contribution >= 0.6 is 0 Å². The number of esters is 1. The van der Waals surface area contributed by atoms with E-state index in [1.54, 1.807) is 6.92 Å². The lowest BCUT2D eigenvalue weighted by molar-refractivity contribution is -0.138. The lowest BCUT2D eigenvalue weighted by Gasteiger charge is -2.03. The Morgan fingerprint density at radius 3 is 2.58 bits per heavy atom. The van der Waals surface area contributed by atoms with Crippen molar-refractivity contribution in [1.82, 2.24) is 0 Å². The van der Waals surface area contributed by atoms with Crippen LogP contribution < -0.4 is 0 Å². The Balaban J connectivity index is 3.32. The Kier molecular flexibility index (Phi) is 5.61. The Labute approximate surface area is 73.3 Å². The van der Waals surface area contributed by atoms with E-state index in [1.165, 1.54) is 0 Å². The lowest BCUT2D eigenvalue weighted by atomic mass is 10.4. The molecule has 12 heavy (non-hydrogen) atoms. The van der Waals surface area contributed by atoms with Crippen molar-refractivity contribution in [3.05, 3.63) is 12.2 Å². The number of hydrogen-bond acceptors (Lipinski definition) is 4. The molecule has 0 aromatic heterocycles. The first-order chi connectivity index (χ1) is 5.54. The van der Waals surface area contributed by atoms with Crippen LogP contribution in [0.25, 0.3) is 0 Å². The summed E-state index contributed by atoms with van der Waals surface area (Å²) >= 11 is 0. The molecule has 4 nitrogen and oxygen atoms in total. The van der Waals surface area contributed by atoms with Crippen LogP contribution in [-0.4, -0.2) is 31.5 Å². The van der Waals surface area contributed by atoms with E-state index in [2.05, 4.69) is 6.58 Å². The maximum absolute atomic E-state index is 10.8. The monoisotopic (exact) mass is 190 g/mol. The summed E-state index contributed by atoms with van der Waals surface area (Å²) in [6, 6.07) is 0.351. The van der Waals surface area contributed by atoms with Crippen molar-refractivity contribution in [1.29, 1.82) is 0 Å². The van der Waals surface area contributed by atoms with Crippen LogP contribution in [0.5, 0.6) is 0 Å². The van der Waals surface area contributed by atoms with Gasteiger partial charge in [-0.1, -0.05) is 6.58 Å². The van der Waals surface area contributed by atoms with Gasteiger partial charge in [-0.05, 0) is 19.4 Å². The fourth-order valence-corrected chi connectivity index (χ4v) is 1.09. The summed E-state index contributed by atoms with van der Waals surface area (Å²) in [6.45, 7) is 5.20. The Hall–Kier alpha value is -0.653. The highest BCUT2D eigenvalue weighted by Gasteiger charge is 2.04. The molecule has 0 spiro atoms. The summed E-state index contributed by atoms with van der Waals surface area (Å²) in [5.74, 6) is -0.427. The predicted octanol–water partition coefficient (Wildman–Crippen LogP) is -0.299. The van der Waals surface area contributed by atoms with Gasteiger partial charge in [0.25, 0.3) is 0 Å². The molecule has 0 bridgehead atoms. The molecular weight excluding hydrogens is 176 g/mol. The van der Waals surface area contributed by atoms with Gasteiger partial charge < -0.3 is 14.3 Å². The molecule has 0 aliphatic heterocycles. The molecule has 0 aromatic carbocycles. The zero-order valence-corrected chi connectivity index (χ0v) is 8.27. The van der Waals surface area contributed by atoms with Crippen LogP contribution in [0, 0.1) is 0 Å². The van der Waals surface area contributed by atoms with E-state index in [9.17, 15) is 4.79 Å². The van der Waals surface area contributed by atoms with E-state index in [0.29, 0.717) is 18.0 Å². The molecule has 0 heterocycles. The Morgan fingerprint density at radius 1 is 1.58 bits per heavy atom. The van der Waals surface area contributed by atoms with Crippen LogP contribution in [0.2, 0.25) is 6.04 Å². The van der Waals surface area contributed by atoms with Gasteiger partial charge in [0.05, 0.1) is 6.61 Å². The SMILES string of the molecule is C=C(C)C(=O)OCCC[SiH](O)O. The lowest BCUT2D eigenvalue weighted by Crippen LogP contribution is -2.12. The van der Waals surface area contributed by atoms with Crippen LogP contribution in [-0.2, 0) is 9.53 Å². The summed E-state index contributed by atoms with van der Waals surface area (Å²) in [7, 11) is -2.47. The minimum absolute atomic E-state index is 0.232. The van der Waals surface area contributed by atoms with Gasteiger partial charge in [-0.15, -0.1) is 0 Å². The minimum atomic E-state index is -2.47.